The maximum atomic E-state index is 14.6. The van der Waals surface area contributed by atoms with Gasteiger partial charge in [0.2, 0.25) is 0 Å². The number of aromatic nitrogens is 3. The highest BCUT2D eigenvalue weighted by atomic mass is 19.1. The van der Waals surface area contributed by atoms with Crippen molar-refractivity contribution in [2.45, 2.75) is 12.8 Å². The molecule has 3 N–H and O–H groups in total. The zero-order valence-corrected chi connectivity index (χ0v) is 16.6. The average molecular weight is 417 g/mol. The lowest BCUT2D eigenvalue weighted by molar-refractivity contribution is 0.222. The number of nitrogens with zero attached hydrogens (tertiary/aromatic N) is 3. The maximum absolute atomic E-state index is 14.6. The van der Waals surface area contributed by atoms with Gasteiger partial charge in [-0.15, -0.1) is 0 Å². The molecular formula is C23H20FN5O2. The van der Waals surface area contributed by atoms with Crippen LogP contribution in [-0.4, -0.2) is 44.1 Å². The number of benzene rings is 2. The third-order valence-electron chi connectivity index (χ3n) is 5.40. The first-order chi connectivity index (χ1) is 15.1. The minimum atomic E-state index is -0.447. The monoisotopic (exact) mass is 417 g/mol. The van der Waals surface area contributed by atoms with Crippen LogP contribution in [0.25, 0.3) is 33.7 Å². The molecule has 1 fully saturated rings. The number of urea groups is 1. The van der Waals surface area contributed by atoms with E-state index in [4.69, 9.17) is 0 Å². The molecule has 2 amide bonds. The van der Waals surface area contributed by atoms with E-state index < -0.39 is 5.82 Å². The molecule has 0 unspecified atom stereocenters. The Kier molecular flexibility index (Phi) is 4.74. The summed E-state index contributed by atoms with van der Waals surface area (Å²) in [6, 6.07) is 12.9. The maximum Gasteiger partial charge on any atom is 0.321 e. The molecule has 8 heteroatoms. The highest BCUT2D eigenvalue weighted by Crippen LogP contribution is 2.28. The van der Waals surface area contributed by atoms with Gasteiger partial charge in [0.25, 0.3) is 0 Å². The molecule has 0 atom stereocenters. The van der Waals surface area contributed by atoms with Gasteiger partial charge in [0.1, 0.15) is 17.4 Å². The molecule has 0 aliphatic carbocycles. The molecule has 3 heterocycles. The first-order valence-electron chi connectivity index (χ1n) is 10.1. The number of phenols is 1. The number of carbonyl (C=O) groups excluding carboxylic acids is 1. The molecule has 156 valence electrons. The van der Waals surface area contributed by atoms with Crippen molar-refractivity contribution in [1.82, 2.24) is 19.9 Å². The summed E-state index contributed by atoms with van der Waals surface area (Å²) in [6.07, 6.45) is 3.68. The van der Waals surface area contributed by atoms with E-state index in [2.05, 4.69) is 20.3 Å². The molecule has 0 radical (unpaired) electrons. The molecule has 1 saturated heterocycles. The summed E-state index contributed by atoms with van der Waals surface area (Å²) in [4.78, 5) is 26.0. The van der Waals surface area contributed by atoms with Gasteiger partial charge in [-0.3, -0.25) is 0 Å². The molecule has 31 heavy (non-hydrogen) atoms. The van der Waals surface area contributed by atoms with Crippen LogP contribution in [0.3, 0.4) is 0 Å². The Hall–Kier alpha value is -3.94. The Bertz CT molecular complexity index is 1260. The number of halogens is 1. The Morgan fingerprint density at radius 3 is 2.61 bits per heavy atom. The van der Waals surface area contributed by atoms with Crippen LogP contribution in [0.5, 0.6) is 5.75 Å². The molecule has 2 aromatic heterocycles. The molecule has 1 aliphatic heterocycles. The number of amides is 2. The standard InChI is InChI=1S/C23H20FN5O2/c24-19-8-5-16(26-23(31)29-9-1-2-10-29)12-18(19)21-27-20-11-15(13-25-22(20)28-21)14-3-6-17(30)7-4-14/h3-8,11-13,30H,1-2,9-10H2,(H,26,31)(H,25,27,28). The van der Waals surface area contributed by atoms with Crippen molar-refractivity contribution in [1.29, 1.82) is 0 Å². The Morgan fingerprint density at radius 2 is 1.84 bits per heavy atom. The molecule has 5 rings (SSSR count). The Balaban J connectivity index is 1.45. The van der Waals surface area contributed by atoms with Gasteiger partial charge in [-0.1, -0.05) is 12.1 Å². The zero-order chi connectivity index (χ0) is 21.4. The lowest BCUT2D eigenvalue weighted by atomic mass is 10.1. The number of carbonyl (C=O) groups is 1. The van der Waals surface area contributed by atoms with Gasteiger partial charge in [0.15, 0.2) is 5.65 Å². The van der Waals surface area contributed by atoms with Gasteiger partial charge in [0, 0.05) is 30.5 Å². The van der Waals surface area contributed by atoms with E-state index in [1.807, 2.05) is 6.07 Å². The van der Waals surface area contributed by atoms with Crippen molar-refractivity contribution < 1.29 is 14.3 Å². The number of phenolic OH excluding ortho intramolecular Hbond substituents is 1. The van der Waals surface area contributed by atoms with Crippen molar-refractivity contribution in [2.75, 3.05) is 18.4 Å². The Morgan fingerprint density at radius 1 is 1.06 bits per heavy atom. The zero-order valence-electron chi connectivity index (χ0n) is 16.6. The van der Waals surface area contributed by atoms with Crippen LogP contribution in [-0.2, 0) is 0 Å². The molecule has 4 aromatic rings. The molecule has 0 spiro atoms. The highest BCUT2D eigenvalue weighted by molar-refractivity contribution is 5.90. The lowest BCUT2D eigenvalue weighted by Crippen LogP contribution is -2.32. The Labute approximate surface area is 177 Å². The van der Waals surface area contributed by atoms with E-state index in [9.17, 15) is 14.3 Å². The fourth-order valence-corrected chi connectivity index (χ4v) is 3.75. The minimum Gasteiger partial charge on any atom is -0.508 e. The van der Waals surface area contributed by atoms with Gasteiger partial charge in [-0.25, -0.2) is 19.2 Å². The average Bonchev–Trinajstić information content (AvgIpc) is 3.45. The number of aromatic hydroxyl groups is 1. The van der Waals surface area contributed by atoms with E-state index >= 15 is 0 Å². The molecule has 0 saturated carbocycles. The number of pyridine rings is 1. The fraction of sp³-hybridized carbons (Fsp3) is 0.174. The SMILES string of the molecule is O=C(Nc1ccc(F)c(-c2nc3ncc(-c4ccc(O)cc4)cc3[nH]2)c1)N1CCCC1. The summed E-state index contributed by atoms with van der Waals surface area (Å²) in [5.41, 5.74) is 3.61. The number of fused-ring (bicyclic) bond motifs is 1. The smallest absolute Gasteiger partial charge is 0.321 e. The van der Waals surface area contributed by atoms with Crippen LogP contribution in [0.2, 0.25) is 0 Å². The summed E-state index contributed by atoms with van der Waals surface area (Å²) in [7, 11) is 0. The van der Waals surface area contributed by atoms with Gasteiger partial charge in [-0.05, 0) is 54.8 Å². The quantitative estimate of drug-likeness (QED) is 0.448. The third-order valence-corrected chi connectivity index (χ3v) is 5.40. The molecular weight excluding hydrogens is 397 g/mol. The largest absolute Gasteiger partial charge is 0.508 e. The second kappa shape index (κ2) is 7.71. The van der Waals surface area contributed by atoms with Gasteiger partial charge in [0.05, 0.1) is 11.1 Å². The van der Waals surface area contributed by atoms with Crippen molar-refractivity contribution in [3.8, 4) is 28.3 Å². The van der Waals surface area contributed by atoms with E-state index in [1.54, 1.807) is 41.4 Å². The van der Waals surface area contributed by atoms with E-state index in [0.717, 1.165) is 37.1 Å². The summed E-state index contributed by atoms with van der Waals surface area (Å²) in [5.74, 6) is 0.0749. The van der Waals surface area contributed by atoms with Crippen LogP contribution in [0, 0.1) is 5.82 Å². The topological polar surface area (TPSA) is 94.1 Å². The number of rotatable bonds is 3. The summed E-state index contributed by atoms with van der Waals surface area (Å²) >= 11 is 0. The van der Waals surface area contributed by atoms with Crippen molar-refractivity contribution in [3.63, 3.8) is 0 Å². The second-order valence-electron chi connectivity index (χ2n) is 7.55. The number of imidazole rings is 1. The second-order valence-corrected chi connectivity index (χ2v) is 7.55. The van der Waals surface area contributed by atoms with E-state index in [0.29, 0.717) is 22.7 Å². The van der Waals surface area contributed by atoms with E-state index in [1.165, 1.54) is 12.1 Å². The van der Waals surface area contributed by atoms with Gasteiger partial charge < -0.3 is 20.3 Å². The van der Waals surface area contributed by atoms with Gasteiger partial charge in [-0.2, -0.15) is 0 Å². The van der Waals surface area contributed by atoms with Crippen LogP contribution in [0.4, 0.5) is 14.9 Å². The summed E-state index contributed by atoms with van der Waals surface area (Å²) in [6.45, 7) is 1.47. The molecule has 0 bridgehead atoms. The number of nitrogens with one attached hydrogen (secondary N) is 2. The number of H-pyrrole nitrogens is 1. The highest BCUT2D eigenvalue weighted by Gasteiger charge is 2.19. The van der Waals surface area contributed by atoms with Crippen LogP contribution >= 0.6 is 0 Å². The predicted molar refractivity (Wildman–Crippen MR) is 116 cm³/mol. The molecule has 1 aliphatic rings. The number of likely N-dealkylation sites (tertiary alicyclic amines) is 1. The lowest BCUT2D eigenvalue weighted by Gasteiger charge is -2.16. The van der Waals surface area contributed by atoms with Crippen LogP contribution < -0.4 is 5.32 Å². The fourth-order valence-electron chi connectivity index (χ4n) is 3.75. The molecule has 2 aromatic carbocycles. The number of hydrogen-bond donors (Lipinski definition) is 3. The molecule has 7 nitrogen and oxygen atoms in total. The predicted octanol–water partition coefficient (Wildman–Crippen LogP) is 4.76. The van der Waals surface area contributed by atoms with Crippen LogP contribution in [0.1, 0.15) is 12.8 Å². The van der Waals surface area contributed by atoms with Gasteiger partial charge >= 0.3 is 6.03 Å². The minimum absolute atomic E-state index is 0.181. The summed E-state index contributed by atoms with van der Waals surface area (Å²) < 4.78 is 14.6. The number of anilines is 1. The first kappa shape index (κ1) is 19.0. The van der Waals surface area contributed by atoms with Crippen LogP contribution in [0.15, 0.2) is 54.7 Å². The number of hydrogen-bond acceptors (Lipinski definition) is 4. The van der Waals surface area contributed by atoms with Crippen molar-refractivity contribution >= 4 is 22.9 Å². The van der Waals surface area contributed by atoms with E-state index in [-0.39, 0.29) is 17.3 Å². The summed E-state index contributed by atoms with van der Waals surface area (Å²) in [5, 5.41) is 12.3. The van der Waals surface area contributed by atoms with Crippen molar-refractivity contribution in [3.05, 3.63) is 60.5 Å². The number of aromatic amines is 1. The third kappa shape index (κ3) is 3.79. The normalized spacial score (nSPS) is 13.6. The first-order valence-corrected chi connectivity index (χ1v) is 10.1. The van der Waals surface area contributed by atoms with Crippen molar-refractivity contribution in [2.24, 2.45) is 0 Å².